The van der Waals surface area contributed by atoms with Crippen LogP contribution in [0.1, 0.15) is 12.8 Å². The molecule has 38 heavy (non-hydrogen) atoms. The number of rotatable bonds is 4. The van der Waals surface area contributed by atoms with E-state index >= 15 is 0 Å². The molecule has 2 aromatic heterocycles. The molecule has 0 bridgehead atoms. The second kappa shape index (κ2) is 8.97. The molecule has 10 nitrogen and oxygen atoms in total. The Hall–Kier alpha value is -3.67. The number of piperazine rings is 1. The number of anilines is 4. The van der Waals surface area contributed by atoms with Crippen LogP contribution >= 0.6 is 11.6 Å². The first-order valence-electron chi connectivity index (χ1n) is 12.3. The fourth-order valence-electron chi connectivity index (χ4n) is 4.95. The monoisotopic (exact) mass is 545 g/mol. The number of carbonyl (C=O) groups excluding carboxylic acids is 1. The minimum atomic E-state index is -3.12. The summed E-state index contributed by atoms with van der Waals surface area (Å²) < 4.78 is 36.6. The van der Waals surface area contributed by atoms with Gasteiger partial charge in [-0.25, -0.2) is 13.8 Å². The van der Waals surface area contributed by atoms with Gasteiger partial charge in [0.2, 0.25) is 17.6 Å². The molecule has 1 saturated carbocycles. The zero-order valence-corrected chi connectivity index (χ0v) is 21.6. The van der Waals surface area contributed by atoms with Crippen molar-refractivity contribution in [2.24, 2.45) is 13.0 Å². The van der Waals surface area contributed by atoms with Gasteiger partial charge < -0.3 is 29.7 Å². The maximum atomic E-state index is 14.9. The van der Waals surface area contributed by atoms with Crippen molar-refractivity contribution in [3.63, 3.8) is 0 Å². The van der Waals surface area contributed by atoms with Gasteiger partial charge in [-0.15, -0.1) is 0 Å². The Kier molecular flexibility index (Phi) is 5.82. The summed E-state index contributed by atoms with van der Waals surface area (Å²) in [6.07, 6.45) is 2.86. The first kappa shape index (κ1) is 24.7. The molecular formula is C25H26ClF2N7O3. The van der Waals surface area contributed by atoms with Crippen molar-refractivity contribution in [3.8, 4) is 5.75 Å². The number of amides is 1. The molecule has 0 radical (unpaired) electrons. The van der Waals surface area contributed by atoms with Gasteiger partial charge in [-0.05, 0) is 37.0 Å². The lowest BCUT2D eigenvalue weighted by Gasteiger charge is -2.32. The molecule has 2 fully saturated rings. The van der Waals surface area contributed by atoms with E-state index in [1.807, 2.05) is 0 Å². The van der Waals surface area contributed by atoms with Gasteiger partial charge >= 0.3 is 5.92 Å². The number of pyridine rings is 1. The van der Waals surface area contributed by atoms with Crippen molar-refractivity contribution in [3.05, 3.63) is 39.8 Å². The van der Waals surface area contributed by atoms with Crippen LogP contribution in [-0.4, -0.2) is 70.6 Å². The second-order valence-electron chi connectivity index (χ2n) is 10.0. The molecule has 1 saturated heterocycles. The van der Waals surface area contributed by atoms with Crippen LogP contribution in [0.15, 0.2) is 29.2 Å². The SMILES string of the molecule is CN1CCN(c2ncc(Cl)c(Nc3ccc4c(c3)c3c(c(=O)n4C)OCC(F)(F)[C@H](C4CC4)N3)n2)CC1=O. The molecule has 2 aliphatic heterocycles. The molecule has 3 aromatic rings. The number of likely N-dealkylation sites (N-methyl/N-ethyl adjacent to an activating group) is 1. The molecule has 0 spiro atoms. The van der Waals surface area contributed by atoms with Crippen molar-refractivity contribution in [1.29, 1.82) is 0 Å². The second-order valence-corrected chi connectivity index (χ2v) is 10.4. The summed E-state index contributed by atoms with van der Waals surface area (Å²) in [6.45, 7) is 0.434. The quantitative estimate of drug-likeness (QED) is 0.515. The third-order valence-corrected chi connectivity index (χ3v) is 7.62. The third kappa shape index (κ3) is 4.26. The minimum absolute atomic E-state index is 0.0325. The van der Waals surface area contributed by atoms with E-state index in [-0.39, 0.29) is 34.8 Å². The molecule has 4 heterocycles. The summed E-state index contributed by atoms with van der Waals surface area (Å²) in [4.78, 5) is 37.4. The van der Waals surface area contributed by atoms with E-state index in [0.717, 1.165) is 0 Å². The normalized spacial score (nSPS) is 21.0. The van der Waals surface area contributed by atoms with Crippen molar-refractivity contribution in [2.75, 3.05) is 48.8 Å². The van der Waals surface area contributed by atoms with Gasteiger partial charge in [-0.1, -0.05) is 11.6 Å². The van der Waals surface area contributed by atoms with Crippen molar-refractivity contribution >= 4 is 51.6 Å². The summed E-state index contributed by atoms with van der Waals surface area (Å²) in [7, 11) is 3.33. The Bertz CT molecular complexity index is 1510. The number of aryl methyl sites for hydroxylation is 1. The lowest BCUT2D eigenvalue weighted by atomic mass is 10.0. The summed E-state index contributed by atoms with van der Waals surface area (Å²) in [5.41, 5.74) is 0.894. The van der Waals surface area contributed by atoms with E-state index in [9.17, 15) is 18.4 Å². The molecule has 200 valence electrons. The molecule has 1 atom stereocenters. The predicted molar refractivity (Wildman–Crippen MR) is 140 cm³/mol. The van der Waals surface area contributed by atoms with E-state index in [2.05, 4.69) is 20.6 Å². The lowest BCUT2D eigenvalue weighted by molar-refractivity contribution is -0.129. The third-order valence-electron chi connectivity index (χ3n) is 7.34. The van der Waals surface area contributed by atoms with Gasteiger partial charge in [0.15, 0.2) is 12.4 Å². The largest absolute Gasteiger partial charge is 0.480 e. The molecule has 3 aliphatic rings. The van der Waals surface area contributed by atoms with Gasteiger partial charge in [0.05, 0.1) is 30.0 Å². The fraction of sp³-hybridized carbons (Fsp3) is 0.440. The Morgan fingerprint density at radius 2 is 2.00 bits per heavy atom. The predicted octanol–water partition coefficient (Wildman–Crippen LogP) is 3.22. The first-order chi connectivity index (χ1) is 18.1. The van der Waals surface area contributed by atoms with Gasteiger partial charge in [0.25, 0.3) is 5.56 Å². The van der Waals surface area contributed by atoms with Crippen LogP contribution in [0, 0.1) is 5.92 Å². The molecule has 2 N–H and O–H groups in total. The molecule has 1 aromatic carbocycles. The van der Waals surface area contributed by atoms with Crippen LogP contribution in [0.2, 0.25) is 5.02 Å². The van der Waals surface area contributed by atoms with Crippen LogP contribution < -0.4 is 25.8 Å². The fourth-order valence-corrected chi connectivity index (χ4v) is 5.09. The number of hydrogen-bond acceptors (Lipinski definition) is 8. The zero-order chi connectivity index (χ0) is 26.8. The van der Waals surface area contributed by atoms with Crippen LogP contribution in [0.5, 0.6) is 5.75 Å². The topological polar surface area (TPSA) is 105 Å². The molecule has 0 unspecified atom stereocenters. The van der Waals surface area contributed by atoms with E-state index < -0.39 is 24.1 Å². The number of hydrogen-bond donors (Lipinski definition) is 2. The van der Waals surface area contributed by atoms with Crippen LogP contribution in [0.3, 0.4) is 0 Å². The summed E-state index contributed by atoms with van der Waals surface area (Å²) in [5.74, 6) is -2.77. The Labute approximate surface area is 221 Å². The van der Waals surface area contributed by atoms with Gasteiger partial charge in [-0.3, -0.25) is 9.59 Å². The smallest absolute Gasteiger partial charge is 0.301 e. The van der Waals surface area contributed by atoms with E-state index in [4.69, 9.17) is 16.3 Å². The molecular weight excluding hydrogens is 520 g/mol. The molecule has 1 aliphatic carbocycles. The maximum absolute atomic E-state index is 14.9. The number of nitrogens with one attached hydrogen (secondary N) is 2. The van der Waals surface area contributed by atoms with Gasteiger partial charge in [0, 0.05) is 38.3 Å². The standard InChI is InChI=1S/C25H26ClF2N7O3/c1-33-7-8-35(11-18(33)36)24-29-10-16(26)22(32-24)30-14-5-6-17-15(9-14)19-20(23(37)34(17)2)38-12-25(27,28)21(31-19)13-3-4-13/h5-6,9-10,13,21,31H,3-4,7-8,11-12H2,1-2H3,(H,29,30,32)/t21-/m0/s1. The number of carbonyl (C=O) groups is 1. The highest BCUT2D eigenvalue weighted by Crippen LogP contribution is 2.45. The van der Waals surface area contributed by atoms with E-state index in [1.165, 1.54) is 10.8 Å². The first-order valence-corrected chi connectivity index (χ1v) is 12.7. The van der Waals surface area contributed by atoms with E-state index in [0.29, 0.717) is 54.3 Å². The van der Waals surface area contributed by atoms with Crippen LogP contribution in [0.25, 0.3) is 10.9 Å². The number of fused-ring (bicyclic) bond motifs is 3. The minimum Gasteiger partial charge on any atom is -0.480 e. The van der Waals surface area contributed by atoms with Gasteiger partial charge in [-0.2, -0.15) is 4.98 Å². The number of benzene rings is 1. The van der Waals surface area contributed by atoms with Gasteiger partial charge in [0.1, 0.15) is 5.02 Å². The Morgan fingerprint density at radius 3 is 2.74 bits per heavy atom. The zero-order valence-electron chi connectivity index (χ0n) is 20.8. The highest BCUT2D eigenvalue weighted by Gasteiger charge is 2.51. The van der Waals surface area contributed by atoms with E-state index in [1.54, 1.807) is 42.1 Å². The highest BCUT2D eigenvalue weighted by molar-refractivity contribution is 6.33. The lowest BCUT2D eigenvalue weighted by Crippen LogP contribution is -2.49. The molecule has 6 rings (SSSR count). The summed E-state index contributed by atoms with van der Waals surface area (Å²) in [5, 5.41) is 6.96. The molecule has 1 amide bonds. The number of alkyl halides is 2. The van der Waals surface area contributed by atoms with Crippen molar-refractivity contribution in [2.45, 2.75) is 24.8 Å². The number of nitrogens with zero attached hydrogens (tertiary/aromatic N) is 5. The van der Waals surface area contributed by atoms with Crippen LogP contribution in [0.4, 0.5) is 31.9 Å². The maximum Gasteiger partial charge on any atom is 0.301 e. The molecule has 13 heteroatoms. The average Bonchev–Trinajstić information content (AvgIpc) is 3.73. The number of halogens is 3. The number of aromatic nitrogens is 3. The van der Waals surface area contributed by atoms with Crippen LogP contribution in [-0.2, 0) is 11.8 Å². The van der Waals surface area contributed by atoms with Crippen molar-refractivity contribution in [1.82, 2.24) is 19.4 Å². The Morgan fingerprint density at radius 1 is 1.21 bits per heavy atom. The number of ether oxygens (including phenoxy) is 1. The van der Waals surface area contributed by atoms with Crippen molar-refractivity contribution < 1.29 is 18.3 Å². The Balaban J connectivity index is 1.38. The summed E-state index contributed by atoms with van der Waals surface area (Å²) >= 11 is 6.39. The highest BCUT2D eigenvalue weighted by atomic mass is 35.5. The average molecular weight is 546 g/mol. The summed E-state index contributed by atoms with van der Waals surface area (Å²) in [6, 6.07) is 4.09.